The quantitative estimate of drug-likeness (QED) is 0.340. The molecule has 0 spiro atoms. The van der Waals surface area contributed by atoms with Gasteiger partial charge in [0.05, 0.1) is 0 Å². The number of benzene rings is 2. The molecule has 0 unspecified atom stereocenters. The Bertz CT molecular complexity index is 609. The van der Waals surface area contributed by atoms with Crippen LogP contribution in [0.25, 0.3) is 0 Å². The topological polar surface area (TPSA) is 62.4 Å². The number of rotatable bonds is 2. The summed E-state index contributed by atoms with van der Waals surface area (Å²) in [6, 6.07) is 11.0. The Morgan fingerprint density at radius 1 is 1.15 bits per heavy atom. The van der Waals surface area contributed by atoms with Gasteiger partial charge in [-0.3, -0.25) is 5.43 Å². The van der Waals surface area contributed by atoms with Crippen LogP contribution in [-0.2, 0) is 0 Å². The number of hydrazine groups is 1. The number of aliphatic imine (C=N–C) groups is 1. The maximum absolute atomic E-state index is 13.7. The predicted octanol–water partition coefficient (Wildman–Crippen LogP) is 3.29. The molecule has 0 aliphatic carbocycles. The van der Waals surface area contributed by atoms with Crippen LogP contribution in [0, 0.1) is 11.6 Å². The molecule has 2 rings (SSSR count). The number of para-hydroxylation sites is 1. The minimum atomic E-state index is -0.792. The Morgan fingerprint density at radius 3 is 2.45 bits per heavy atom. The van der Waals surface area contributed by atoms with Crippen molar-refractivity contribution in [3.63, 3.8) is 0 Å². The molecule has 20 heavy (non-hydrogen) atoms. The summed E-state index contributed by atoms with van der Waals surface area (Å²) in [5.41, 5.74) is 3.00. The molecular formula is C13H11BrF2N4. The summed E-state index contributed by atoms with van der Waals surface area (Å²) >= 11 is 3.06. The third-order valence-corrected chi connectivity index (χ3v) is 2.98. The Balaban J connectivity index is 2.32. The van der Waals surface area contributed by atoms with E-state index in [9.17, 15) is 8.78 Å². The van der Waals surface area contributed by atoms with Crippen LogP contribution in [0.15, 0.2) is 51.9 Å². The van der Waals surface area contributed by atoms with Gasteiger partial charge < -0.3 is 5.32 Å². The molecule has 0 bridgehead atoms. The van der Waals surface area contributed by atoms with Crippen LogP contribution in [-0.4, -0.2) is 5.96 Å². The van der Waals surface area contributed by atoms with Crippen molar-refractivity contribution in [1.29, 1.82) is 0 Å². The van der Waals surface area contributed by atoms with Gasteiger partial charge in [-0.15, -0.1) is 0 Å². The third-order valence-electron chi connectivity index (χ3n) is 2.38. The van der Waals surface area contributed by atoms with Crippen molar-refractivity contribution in [1.82, 2.24) is 5.43 Å². The van der Waals surface area contributed by atoms with Gasteiger partial charge in [0.2, 0.25) is 5.96 Å². The lowest BCUT2D eigenvalue weighted by atomic mass is 10.3. The van der Waals surface area contributed by atoms with Gasteiger partial charge in [-0.2, -0.15) is 0 Å². The monoisotopic (exact) mass is 340 g/mol. The number of hydrogen-bond donors (Lipinski definition) is 3. The van der Waals surface area contributed by atoms with E-state index in [2.05, 4.69) is 31.7 Å². The molecule has 0 amide bonds. The van der Waals surface area contributed by atoms with Crippen LogP contribution in [0.5, 0.6) is 0 Å². The molecule has 0 aliphatic heterocycles. The predicted molar refractivity (Wildman–Crippen MR) is 78.5 cm³/mol. The van der Waals surface area contributed by atoms with E-state index in [1.54, 1.807) is 12.1 Å². The van der Waals surface area contributed by atoms with Crippen LogP contribution in [0.4, 0.5) is 20.2 Å². The van der Waals surface area contributed by atoms with Gasteiger partial charge in [0.15, 0.2) is 5.82 Å². The van der Waals surface area contributed by atoms with E-state index in [0.29, 0.717) is 0 Å². The molecule has 2 aromatic carbocycles. The minimum Gasteiger partial charge on any atom is -0.325 e. The van der Waals surface area contributed by atoms with E-state index in [-0.39, 0.29) is 16.1 Å². The lowest BCUT2D eigenvalue weighted by molar-refractivity contribution is 0.583. The van der Waals surface area contributed by atoms with Crippen LogP contribution in [0.1, 0.15) is 0 Å². The molecule has 2 aromatic rings. The van der Waals surface area contributed by atoms with Gasteiger partial charge in [-0.1, -0.05) is 18.2 Å². The van der Waals surface area contributed by atoms with Gasteiger partial charge >= 0.3 is 0 Å². The molecule has 0 heterocycles. The van der Waals surface area contributed by atoms with Crippen LogP contribution in [0.3, 0.4) is 0 Å². The fraction of sp³-hybridized carbons (Fsp3) is 0. The summed E-state index contributed by atoms with van der Waals surface area (Å²) in [5.74, 6) is 3.99. The minimum absolute atomic E-state index is 0.0530. The highest BCUT2D eigenvalue weighted by Crippen LogP contribution is 2.29. The molecule has 4 nitrogen and oxygen atoms in total. The number of nitrogens with zero attached hydrogens (tertiary/aromatic N) is 1. The maximum Gasteiger partial charge on any atom is 0.215 e. The van der Waals surface area contributed by atoms with E-state index in [0.717, 1.165) is 17.8 Å². The molecule has 0 radical (unpaired) electrons. The zero-order valence-electron chi connectivity index (χ0n) is 10.2. The first-order chi connectivity index (χ1) is 9.60. The molecule has 0 saturated heterocycles. The Labute approximate surface area is 122 Å². The highest BCUT2D eigenvalue weighted by Gasteiger charge is 2.10. The normalized spacial score (nSPS) is 11.3. The lowest BCUT2D eigenvalue weighted by Crippen LogP contribution is -2.36. The largest absolute Gasteiger partial charge is 0.325 e. The van der Waals surface area contributed by atoms with Crippen molar-refractivity contribution in [2.45, 2.75) is 0 Å². The van der Waals surface area contributed by atoms with E-state index in [1.807, 2.05) is 18.2 Å². The maximum atomic E-state index is 13.7. The molecule has 7 heteroatoms. The van der Waals surface area contributed by atoms with Crippen LogP contribution < -0.4 is 16.6 Å². The number of guanidine groups is 1. The second-order valence-corrected chi connectivity index (χ2v) is 4.67. The molecule has 0 saturated carbocycles. The zero-order chi connectivity index (χ0) is 14.5. The summed E-state index contributed by atoms with van der Waals surface area (Å²) < 4.78 is 26.9. The summed E-state index contributed by atoms with van der Waals surface area (Å²) in [7, 11) is 0. The fourth-order valence-corrected chi connectivity index (χ4v) is 2.00. The summed E-state index contributed by atoms with van der Waals surface area (Å²) in [6.45, 7) is 0. The zero-order valence-corrected chi connectivity index (χ0v) is 11.8. The Morgan fingerprint density at radius 2 is 1.85 bits per heavy atom. The van der Waals surface area contributed by atoms with Crippen molar-refractivity contribution in [2.24, 2.45) is 10.8 Å². The lowest BCUT2D eigenvalue weighted by Gasteiger charge is -2.10. The fourth-order valence-electron chi connectivity index (χ4n) is 1.51. The Hall–Kier alpha value is -1.99. The Kier molecular flexibility index (Phi) is 4.65. The highest BCUT2D eigenvalue weighted by molar-refractivity contribution is 9.10. The van der Waals surface area contributed by atoms with Crippen molar-refractivity contribution in [3.05, 3.63) is 58.6 Å². The molecule has 0 atom stereocenters. The van der Waals surface area contributed by atoms with Crippen molar-refractivity contribution < 1.29 is 8.78 Å². The number of nitrogens with one attached hydrogen (secondary N) is 2. The number of nitrogens with two attached hydrogens (primary N) is 1. The van der Waals surface area contributed by atoms with Crippen LogP contribution in [0.2, 0.25) is 0 Å². The molecule has 0 aromatic heterocycles. The first-order valence-corrected chi connectivity index (χ1v) is 6.41. The van der Waals surface area contributed by atoms with E-state index >= 15 is 0 Å². The summed E-state index contributed by atoms with van der Waals surface area (Å²) in [6.07, 6.45) is 0. The first kappa shape index (κ1) is 14.4. The smallest absolute Gasteiger partial charge is 0.215 e. The summed E-state index contributed by atoms with van der Waals surface area (Å²) in [4.78, 5) is 3.99. The second-order valence-electron chi connectivity index (χ2n) is 3.81. The average Bonchev–Trinajstić information content (AvgIpc) is 2.42. The number of halogens is 3. The van der Waals surface area contributed by atoms with Gasteiger partial charge in [-0.25, -0.2) is 19.6 Å². The molecule has 0 aliphatic rings. The number of anilines is 1. The van der Waals surface area contributed by atoms with E-state index in [4.69, 9.17) is 5.84 Å². The molecule has 104 valence electrons. The molecule has 0 fully saturated rings. The van der Waals surface area contributed by atoms with Gasteiger partial charge in [0.25, 0.3) is 0 Å². The highest BCUT2D eigenvalue weighted by atomic mass is 79.9. The van der Waals surface area contributed by atoms with Crippen molar-refractivity contribution >= 4 is 33.3 Å². The van der Waals surface area contributed by atoms with Crippen LogP contribution >= 0.6 is 15.9 Å². The van der Waals surface area contributed by atoms with E-state index in [1.165, 1.54) is 0 Å². The number of hydrogen-bond acceptors (Lipinski definition) is 2. The first-order valence-electron chi connectivity index (χ1n) is 5.62. The SMILES string of the molecule is NNC(=Nc1c(F)cc(F)cc1Br)Nc1ccccc1. The van der Waals surface area contributed by atoms with Gasteiger partial charge in [0.1, 0.15) is 11.5 Å². The van der Waals surface area contributed by atoms with Gasteiger partial charge in [0, 0.05) is 16.2 Å². The molecular weight excluding hydrogens is 330 g/mol. The summed E-state index contributed by atoms with van der Waals surface area (Å²) in [5, 5.41) is 2.88. The van der Waals surface area contributed by atoms with Crippen molar-refractivity contribution in [2.75, 3.05) is 5.32 Å². The van der Waals surface area contributed by atoms with E-state index < -0.39 is 11.6 Å². The standard InChI is InChI=1S/C13H11BrF2N4/c14-10-6-8(15)7-11(16)12(10)19-13(20-17)18-9-4-2-1-3-5-9/h1-7H,17H2,(H2,18,19,20). The van der Waals surface area contributed by atoms with Gasteiger partial charge in [-0.05, 0) is 34.1 Å². The van der Waals surface area contributed by atoms with Crippen molar-refractivity contribution in [3.8, 4) is 0 Å². The second kappa shape index (κ2) is 6.44. The third kappa shape index (κ3) is 3.52. The average molecular weight is 341 g/mol. The molecule has 4 N–H and O–H groups in total.